The SMILES string of the molecule is Cc1nc(Nc2ccccc2N2CCOCC2)cc(C(=O)N2CCCCCC2)n1. The van der Waals surface area contributed by atoms with Crippen molar-refractivity contribution in [2.75, 3.05) is 49.6 Å². The number of morpholine rings is 1. The van der Waals surface area contributed by atoms with Crippen molar-refractivity contribution in [3.8, 4) is 0 Å². The third kappa shape index (κ3) is 4.85. The monoisotopic (exact) mass is 395 g/mol. The van der Waals surface area contributed by atoms with Gasteiger partial charge in [0, 0.05) is 32.2 Å². The predicted molar refractivity (Wildman–Crippen MR) is 114 cm³/mol. The van der Waals surface area contributed by atoms with Crippen molar-refractivity contribution in [3.05, 3.63) is 41.9 Å². The number of likely N-dealkylation sites (tertiary alicyclic amines) is 1. The Kier molecular flexibility index (Phi) is 6.24. The topological polar surface area (TPSA) is 70.6 Å². The summed E-state index contributed by atoms with van der Waals surface area (Å²) >= 11 is 0. The van der Waals surface area contributed by atoms with Crippen LogP contribution in [0, 0.1) is 6.92 Å². The Morgan fingerprint density at radius 3 is 2.48 bits per heavy atom. The number of nitrogens with one attached hydrogen (secondary N) is 1. The lowest BCUT2D eigenvalue weighted by Gasteiger charge is -2.30. The largest absolute Gasteiger partial charge is 0.378 e. The second-order valence-corrected chi connectivity index (χ2v) is 7.63. The molecular weight excluding hydrogens is 366 g/mol. The van der Waals surface area contributed by atoms with Crippen molar-refractivity contribution in [3.63, 3.8) is 0 Å². The van der Waals surface area contributed by atoms with Gasteiger partial charge in [0.05, 0.1) is 24.6 Å². The van der Waals surface area contributed by atoms with E-state index in [0.717, 1.165) is 63.6 Å². The first kappa shape index (κ1) is 19.6. The van der Waals surface area contributed by atoms with Crippen molar-refractivity contribution in [2.45, 2.75) is 32.6 Å². The van der Waals surface area contributed by atoms with E-state index < -0.39 is 0 Å². The molecule has 7 heteroatoms. The Morgan fingerprint density at radius 1 is 1.00 bits per heavy atom. The number of hydrogen-bond donors (Lipinski definition) is 1. The summed E-state index contributed by atoms with van der Waals surface area (Å²) in [4.78, 5) is 26.2. The molecular formula is C22H29N5O2. The average molecular weight is 396 g/mol. The van der Waals surface area contributed by atoms with E-state index in [1.165, 1.54) is 12.8 Å². The summed E-state index contributed by atoms with van der Waals surface area (Å²) in [6.45, 7) is 6.64. The van der Waals surface area contributed by atoms with Crippen LogP contribution >= 0.6 is 0 Å². The van der Waals surface area contributed by atoms with Crippen LogP contribution in [0.15, 0.2) is 30.3 Å². The van der Waals surface area contributed by atoms with Gasteiger partial charge in [-0.1, -0.05) is 25.0 Å². The van der Waals surface area contributed by atoms with Crippen molar-refractivity contribution < 1.29 is 9.53 Å². The van der Waals surface area contributed by atoms with E-state index in [4.69, 9.17) is 4.74 Å². The number of aryl methyl sites for hydroxylation is 1. The second-order valence-electron chi connectivity index (χ2n) is 7.63. The number of benzene rings is 1. The molecule has 2 fully saturated rings. The first-order chi connectivity index (χ1) is 14.2. The fraction of sp³-hybridized carbons (Fsp3) is 0.500. The van der Waals surface area contributed by atoms with Crippen LogP contribution in [0.4, 0.5) is 17.2 Å². The number of aromatic nitrogens is 2. The molecule has 1 amide bonds. The molecule has 1 N–H and O–H groups in total. The maximum Gasteiger partial charge on any atom is 0.272 e. The normalized spacial score (nSPS) is 17.7. The number of carbonyl (C=O) groups is 1. The zero-order chi connectivity index (χ0) is 20.1. The maximum atomic E-state index is 13.0. The summed E-state index contributed by atoms with van der Waals surface area (Å²) in [6.07, 6.45) is 4.51. The minimum absolute atomic E-state index is 0.00177. The third-order valence-electron chi connectivity index (χ3n) is 5.47. The first-order valence-corrected chi connectivity index (χ1v) is 10.5. The number of amides is 1. The lowest BCUT2D eigenvalue weighted by atomic mass is 10.2. The van der Waals surface area contributed by atoms with Crippen LogP contribution in [0.1, 0.15) is 42.0 Å². The minimum Gasteiger partial charge on any atom is -0.378 e. The van der Waals surface area contributed by atoms with Gasteiger partial charge in [-0.15, -0.1) is 0 Å². The zero-order valence-corrected chi connectivity index (χ0v) is 17.1. The number of rotatable bonds is 4. The van der Waals surface area contributed by atoms with E-state index in [0.29, 0.717) is 17.3 Å². The Hall–Kier alpha value is -2.67. The van der Waals surface area contributed by atoms with Crippen LogP contribution in [0.3, 0.4) is 0 Å². The van der Waals surface area contributed by atoms with Crippen LogP contribution in [-0.2, 0) is 4.74 Å². The molecule has 2 aliphatic heterocycles. The van der Waals surface area contributed by atoms with Gasteiger partial charge in [0.25, 0.3) is 5.91 Å². The molecule has 1 aromatic heterocycles. The van der Waals surface area contributed by atoms with Crippen molar-refractivity contribution in [1.29, 1.82) is 0 Å². The molecule has 0 unspecified atom stereocenters. The molecule has 2 aromatic rings. The van der Waals surface area contributed by atoms with Gasteiger partial charge in [0.1, 0.15) is 17.3 Å². The maximum absolute atomic E-state index is 13.0. The lowest BCUT2D eigenvalue weighted by Crippen LogP contribution is -2.36. The minimum atomic E-state index is 0.00177. The molecule has 3 heterocycles. The number of anilines is 3. The number of hydrogen-bond acceptors (Lipinski definition) is 6. The summed E-state index contributed by atoms with van der Waals surface area (Å²) in [5, 5.41) is 3.42. The molecule has 29 heavy (non-hydrogen) atoms. The summed E-state index contributed by atoms with van der Waals surface area (Å²) < 4.78 is 5.48. The highest BCUT2D eigenvalue weighted by Crippen LogP contribution is 2.29. The molecule has 0 bridgehead atoms. The zero-order valence-electron chi connectivity index (χ0n) is 17.1. The van der Waals surface area contributed by atoms with Gasteiger partial charge < -0.3 is 19.9 Å². The van der Waals surface area contributed by atoms with E-state index in [-0.39, 0.29) is 5.91 Å². The lowest BCUT2D eigenvalue weighted by molar-refractivity contribution is 0.0755. The fourth-order valence-corrected chi connectivity index (χ4v) is 3.97. The number of nitrogens with zero attached hydrogens (tertiary/aromatic N) is 4. The standard InChI is InChI=1S/C22H29N5O2/c1-17-23-19(22(28)27-10-6-2-3-7-11-27)16-21(24-17)25-18-8-4-5-9-20(18)26-12-14-29-15-13-26/h4-5,8-9,16H,2-3,6-7,10-15H2,1H3,(H,23,24,25). The first-order valence-electron chi connectivity index (χ1n) is 10.5. The molecule has 2 aliphatic rings. The van der Waals surface area contributed by atoms with Gasteiger partial charge in [-0.25, -0.2) is 9.97 Å². The third-order valence-corrected chi connectivity index (χ3v) is 5.47. The van der Waals surface area contributed by atoms with Crippen LogP contribution in [0.5, 0.6) is 0 Å². The summed E-state index contributed by atoms with van der Waals surface area (Å²) in [5.74, 6) is 1.25. The van der Waals surface area contributed by atoms with Gasteiger partial charge in [0.15, 0.2) is 0 Å². The molecule has 0 aliphatic carbocycles. The van der Waals surface area contributed by atoms with E-state index in [9.17, 15) is 4.79 Å². The van der Waals surface area contributed by atoms with E-state index in [1.54, 1.807) is 6.07 Å². The number of carbonyl (C=O) groups excluding carboxylic acids is 1. The van der Waals surface area contributed by atoms with E-state index in [2.05, 4.69) is 26.3 Å². The van der Waals surface area contributed by atoms with Gasteiger partial charge in [-0.05, 0) is 31.9 Å². The summed E-state index contributed by atoms with van der Waals surface area (Å²) in [5.41, 5.74) is 2.55. The molecule has 0 spiro atoms. The predicted octanol–water partition coefficient (Wildman–Crippen LogP) is 3.38. The molecule has 4 rings (SSSR count). The van der Waals surface area contributed by atoms with Crippen LogP contribution < -0.4 is 10.2 Å². The van der Waals surface area contributed by atoms with Gasteiger partial charge in [-0.2, -0.15) is 0 Å². The molecule has 7 nitrogen and oxygen atoms in total. The van der Waals surface area contributed by atoms with Crippen molar-refractivity contribution in [1.82, 2.24) is 14.9 Å². The van der Waals surface area contributed by atoms with Crippen molar-refractivity contribution in [2.24, 2.45) is 0 Å². The van der Waals surface area contributed by atoms with E-state index >= 15 is 0 Å². The van der Waals surface area contributed by atoms with Gasteiger partial charge in [-0.3, -0.25) is 4.79 Å². The van der Waals surface area contributed by atoms with E-state index in [1.807, 2.05) is 30.0 Å². The molecule has 1 aromatic carbocycles. The highest BCUT2D eigenvalue weighted by Gasteiger charge is 2.20. The summed E-state index contributed by atoms with van der Waals surface area (Å²) in [6, 6.07) is 9.96. The van der Waals surface area contributed by atoms with Crippen molar-refractivity contribution >= 4 is 23.1 Å². The Morgan fingerprint density at radius 2 is 1.72 bits per heavy atom. The van der Waals surface area contributed by atoms with Crippen LogP contribution in [-0.4, -0.2) is 60.2 Å². The Labute approximate surface area is 172 Å². The Balaban J connectivity index is 1.56. The highest BCUT2D eigenvalue weighted by molar-refractivity contribution is 5.93. The smallest absolute Gasteiger partial charge is 0.272 e. The number of para-hydroxylation sites is 2. The van der Waals surface area contributed by atoms with Crippen LogP contribution in [0.2, 0.25) is 0 Å². The highest BCUT2D eigenvalue weighted by atomic mass is 16.5. The molecule has 154 valence electrons. The second kappa shape index (κ2) is 9.22. The summed E-state index contributed by atoms with van der Waals surface area (Å²) in [7, 11) is 0. The molecule has 0 saturated carbocycles. The molecule has 2 saturated heterocycles. The Bertz CT molecular complexity index is 843. The fourth-order valence-electron chi connectivity index (χ4n) is 3.97. The van der Waals surface area contributed by atoms with Gasteiger partial charge in [0.2, 0.25) is 0 Å². The number of ether oxygens (including phenoxy) is 1. The van der Waals surface area contributed by atoms with Gasteiger partial charge >= 0.3 is 0 Å². The molecule has 0 radical (unpaired) electrons. The average Bonchev–Trinajstić information content (AvgIpc) is 3.03. The van der Waals surface area contributed by atoms with Crippen LogP contribution in [0.25, 0.3) is 0 Å². The molecule has 0 atom stereocenters. The quantitative estimate of drug-likeness (QED) is 0.856.